The third-order valence-corrected chi connectivity index (χ3v) is 6.70. The van der Waals surface area contributed by atoms with E-state index in [0.717, 1.165) is 22.7 Å². The van der Waals surface area contributed by atoms with Gasteiger partial charge in [-0.25, -0.2) is 9.59 Å². The monoisotopic (exact) mass is 435 g/mol. The molecule has 164 valence electrons. The number of esters is 1. The van der Waals surface area contributed by atoms with Crippen LogP contribution >= 0.6 is 11.3 Å². The Morgan fingerprint density at radius 1 is 1.33 bits per heavy atom. The predicted octanol–water partition coefficient (Wildman–Crippen LogP) is 3.31. The van der Waals surface area contributed by atoms with E-state index < -0.39 is 23.4 Å². The molecule has 30 heavy (non-hydrogen) atoms. The smallest absolute Gasteiger partial charge is 0.348 e. The lowest BCUT2D eigenvalue weighted by Crippen LogP contribution is -2.54. The third kappa shape index (κ3) is 4.35. The first-order valence-electron chi connectivity index (χ1n) is 10.2. The molecule has 2 heterocycles. The Labute approximate surface area is 180 Å². The Balaban J connectivity index is 1.69. The largest absolute Gasteiger partial charge is 0.462 e. The fraction of sp³-hybridized carbons (Fsp3) is 0.619. The van der Waals surface area contributed by atoms with E-state index in [1.807, 2.05) is 0 Å². The average Bonchev–Trinajstić information content (AvgIpc) is 3.06. The second-order valence-corrected chi connectivity index (χ2v) is 10.2. The number of hydrogen-bond donors (Lipinski definition) is 2. The van der Waals surface area contributed by atoms with Crippen molar-refractivity contribution >= 4 is 40.2 Å². The van der Waals surface area contributed by atoms with Crippen molar-refractivity contribution in [3.8, 4) is 0 Å². The zero-order chi connectivity index (χ0) is 22.3. The number of urea groups is 1. The molecule has 0 unspecified atom stereocenters. The van der Waals surface area contributed by atoms with Crippen molar-refractivity contribution in [1.82, 2.24) is 10.2 Å². The summed E-state index contributed by atoms with van der Waals surface area (Å²) < 4.78 is 5.00. The average molecular weight is 436 g/mol. The number of aryl methyl sites for hydroxylation is 1. The number of thiophene rings is 1. The number of amides is 4. The van der Waals surface area contributed by atoms with E-state index in [2.05, 4.69) is 31.4 Å². The van der Waals surface area contributed by atoms with Crippen LogP contribution in [-0.4, -0.2) is 47.4 Å². The Hall–Kier alpha value is -2.42. The lowest BCUT2D eigenvalue weighted by atomic mass is 9.64. The van der Waals surface area contributed by atoms with E-state index in [9.17, 15) is 19.2 Å². The van der Waals surface area contributed by atoms with Crippen LogP contribution in [-0.2, 0) is 14.3 Å². The molecule has 0 radical (unpaired) electrons. The summed E-state index contributed by atoms with van der Waals surface area (Å²) >= 11 is 1.11. The molecule has 1 aliphatic carbocycles. The maximum atomic E-state index is 13.1. The van der Waals surface area contributed by atoms with Gasteiger partial charge in [0.05, 0.1) is 11.6 Å². The zero-order valence-corrected chi connectivity index (χ0v) is 18.9. The van der Waals surface area contributed by atoms with Crippen molar-refractivity contribution in [2.24, 2.45) is 11.3 Å². The van der Waals surface area contributed by atoms with Crippen LogP contribution in [0.5, 0.6) is 0 Å². The molecule has 0 bridgehead atoms. The van der Waals surface area contributed by atoms with Gasteiger partial charge >= 0.3 is 12.0 Å². The van der Waals surface area contributed by atoms with Gasteiger partial charge in [-0.1, -0.05) is 20.8 Å². The number of anilines is 1. The quantitative estimate of drug-likeness (QED) is 0.545. The lowest BCUT2D eigenvalue weighted by molar-refractivity contribution is -0.136. The van der Waals surface area contributed by atoms with E-state index in [0.29, 0.717) is 34.2 Å². The van der Waals surface area contributed by atoms with Gasteiger partial charge in [0.25, 0.3) is 5.91 Å². The van der Waals surface area contributed by atoms with E-state index in [4.69, 9.17) is 4.74 Å². The van der Waals surface area contributed by atoms with Crippen LogP contribution in [0.4, 0.5) is 9.80 Å². The minimum atomic E-state index is -0.935. The van der Waals surface area contributed by atoms with Crippen LogP contribution < -0.4 is 10.6 Å². The number of hydrogen-bond acceptors (Lipinski definition) is 6. The first-order valence-corrected chi connectivity index (χ1v) is 11.0. The number of nitrogens with zero attached hydrogens (tertiary/aromatic N) is 1. The zero-order valence-electron chi connectivity index (χ0n) is 18.1. The topological polar surface area (TPSA) is 105 Å². The van der Waals surface area contributed by atoms with E-state index in [-0.39, 0.29) is 24.5 Å². The number of carbonyl (C=O) groups is 4. The number of ether oxygens (including phenoxy) is 1. The molecular weight excluding hydrogens is 406 g/mol. The fourth-order valence-corrected chi connectivity index (χ4v) is 5.90. The van der Waals surface area contributed by atoms with Gasteiger partial charge in [-0.15, -0.1) is 11.3 Å². The highest BCUT2D eigenvalue weighted by molar-refractivity contribution is 7.18. The van der Waals surface area contributed by atoms with Gasteiger partial charge in [-0.3, -0.25) is 14.5 Å². The van der Waals surface area contributed by atoms with Crippen LogP contribution in [0.25, 0.3) is 0 Å². The third-order valence-electron chi connectivity index (χ3n) is 5.57. The molecule has 4 amide bonds. The molecule has 1 aromatic heterocycles. The summed E-state index contributed by atoms with van der Waals surface area (Å²) in [5, 5.41) is 6.02. The SMILES string of the molecule is CCOC(=O)c1sc(NC(=O)CN2C(=O)N[C@@]3(C[C@@H](C)CC(C)(C)C3)C2=O)cc1C. The van der Waals surface area contributed by atoms with Crippen molar-refractivity contribution < 1.29 is 23.9 Å². The first-order chi connectivity index (χ1) is 14.0. The molecule has 2 atom stereocenters. The lowest BCUT2D eigenvalue weighted by Gasteiger charge is -2.43. The number of nitrogens with one attached hydrogen (secondary N) is 2. The summed E-state index contributed by atoms with van der Waals surface area (Å²) in [6, 6.07) is 1.14. The minimum absolute atomic E-state index is 0.0726. The summed E-state index contributed by atoms with van der Waals surface area (Å²) in [7, 11) is 0. The van der Waals surface area contributed by atoms with E-state index >= 15 is 0 Å². The van der Waals surface area contributed by atoms with Crippen LogP contribution in [0.15, 0.2) is 6.07 Å². The van der Waals surface area contributed by atoms with E-state index in [1.54, 1.807) is 19.9 Å². The Morgan fingerprint density at radius 2 is 2.03 bits per heavy atom. The van der Waals surface area contributed by atoms with Crippen LogP contribution in [0.1, 0.15) is 62.2 Å². The maximum absolute atomic E-state index is 13.1. The Kier molecular flexibility index (Phi) is 5.95. The first kappa shape index (κ1) is 22.3. The highest BCUT2D eigenvalue weighted by atomic mass is 32.1. The molecule has 2 aliphatic rings. The minimum Gasteiger partial charge on any atom is -0.462 e. The Morgan fingerprint density at radius 3 is 2.67 bits per heavy atom. The van der Waals surface area contributed by atoms with E-state index in [1.165, 1.54) is 0 Å². The van der Waals surface area contributed by atoms with Gasteiger partial charge in [-0.2, -0.15) is 0 Å². The molecule has 2 N–H and O–H groups in total. The highest BCUT2D eigenvalue weighted by Crippen LogP contribution is 2.46. The van der Waals surface area contributed by atoms with Crippen molar-refractivity contribution in [1.29, 1.82) is 0 Å². The second-order valence-electron chi connectivity index (χ2n) is 9.15. The molecule has 9 heteroatoms. The normalized spacial score (nSPS) is 25.4. The van der Waals surface area contributed by atoms with Gasteiger partial charge < -0.3 is 15.4 Å². The molecule has 1 saturated heterocycles. The molecular formula is C21H29N3O5S. The van der Waals surface area contributed by atoms with Crippen molar-refractivity contribution in [3.05, 3.63) is 16.5 Å². The van der Waals surface area contributed by atoms with Gasteiger partial charge in [0.1, 0.15) is 17.0 Å². The molecule has 1 spiro atoms. The van der Waals surface area contributed by atoms with Crippen LogP contribution in [0.3, 0.4) is 0 Å². The standard InChI is InChI=1S/C21H29N3O5S/c1-6-29-17(26)16-13(3)7-15(30-16)22-14(25)10-24-18(27)21(23-19(24)28)9-12(2)8-20(4,5)11-21/h7,12H,6,8-11H2,1-5H3,(H,22,25)(H,23,28)/t12-,21+/m0/s1. The highest BCUT2D eigenvalue weighted by Gasteiger charge is 2.56. The van der Waals surface area contributed by atoms with Crippen molar-refractivity contribution in [2.75, 3.05) is 18.5 Å². The summed E-state index contributed by atoms with van der Waals surface area (Å²) in [6.45, 7) is 9.65. The molecule has 2 fully saturated rings. The molecule has 1 saturated carbocycles. The molecule has 8 nitrogen and oxygen atoms in total. The Bertz CT molecular complexity index is 893. The van der Waals surface area contributed by atoms with Gasteiger partial charge in [0.15, 0.2) is 0 Å². The maximum Gasteiger partial charge on any atom is 0.348 e. The van der Waals surface area contributed by atoms with Crippen molar-refractivity contribution in [3.63, 3.8) is 0 Å². The fourth-order valence-electron chi connectivity index (χ4n) is 4.91. The second kappa shape index (κ2) is 8.02. The number of carbonyl (C=O) groups excluding carboxylic acids is 4. The molecule has 1 aromatic rings. The van der Waals surface area contributed by atoms with Crippen LogP contribution in [0.2, 0.25) is 0 Å². The summed E-state index contributed by atoms with van der Waals surface area (Å²) in [4.78, 5) is 51.6. The van der Waals surface area contributed by atoms with Crippen molar-refractivity contribution in [2.45, 2.75) is 59.4 Å². The van der Waals surface area contributed by atoms with Crippen LogP contribution in [0, 0.1) is 18.3 Å². The molecule has 1 aliphatic heterocycles. The van der Waals surface area contributed by atoms with Gasteiger partial charge in [0.2, 0.25) is 5.91 Å². The molecule has 3 rings (SSSR count). The summed E-state index contributed by atoms with van der Waals surface area (Å²) in [5.74, 6) is -0.972. The van der Waals surface area contributed by atoms with Gasteiger partial charge in [-0.05, 0) is 56.1 Å². The summed E-state index contributed by atoms with van der Waals surface area (Å²) in [5.41, 5.74) is -0.312. The van der Waals surface area contributed by atoms with Gasteiger partial charge in [0, 0.05) is 0 Å². The summed E-state index contributed by atoms with van der Waals surface area (Å²) in [6.07, 6.45) is 2.12. The molecule has 0 aromatic carbocycles. The number of rotatable bonds is 5. The number of imide groups is 1. The predicted molar refractivity (Wildman–Crippen MR) is 113 cm³/mol.